The third-order valence-corrected chi connectivity index (χ3v) is 10.8. The van der Waals surface area contributed by atoms with Gasteiger partial charge in [0.25, 0.3) is 0 Å². The molecule has 0 atom stereocenters. The molecule has 0 N–H and O–H groups in total. The summed E-state index contributed by atoms with van der Waals surface area (Å²) in [5.74, 6) is 1.46. The molecule has 5 heteroatoms. The number of hydrogen-bond donors (Lipinski definition) is 0. The van der Waals surface area contributed by atoms with Crippen LogP contribution in [0, 0.1) is 6.92 Å². The molecule has 0 heterocycles. The van der Waals surface area contributed by atoms with E-state index in [1.54, 1.807) is 0 Å². The molecular formula is C48H42N3OP. The van der Waals surface area contributed by atoms with Gasteiger partial charge in [-0.25, -0.2) is 4.99 Å². The van der Waals surface area contributed by atoms with E-state index in [1.807, 2.05) is 84.9 Å². The van der Waals surface area contributed by atoms with Crippen molar-refractivity contribution in [2.75, 3.05) is 0 Å². The lowest BCUT2D eigenvalue weighted by molar-refractivity contribution is 0.484. The standard InChI is InChI=1S/C28H26NP.C20H16N2O/c1-23-13-11-12-20-27(23)29-28(22-21-24-14-5-2-6-15-24)30(25-16-7-3-8-17-25)26-18-9-4-10-19-26;1-3-9-17(10-4-1)15-21-16-22-19-13-7-8-14-20(19)23-18-11-5-2-6-12-18/h2-20H,21-22H2,1H3;1-14H,15H2. The van der Waals surface area contributed by atoms with Crippen molar-refractivity contribution in [1.82, 2.24) is 0 Å². The number of rotatable bonds is 12. The SMILES string of the molecule is C(=NCc1ccccc1)=Nc1ccccc1Oc1ccccc1.Cc1ccccc1N=C(CCc1ccccc1)P(c1ccccc1)c1ccccc1. The van der Waals surface area contributed by atoms with E-state index in [2.05, 4.69) is 138 Å². The fourth-order valence-corrected chi connectivity index (χ4v) is 7.98. The number of aliphatic imine (C=N–C) groups is 3. The molecule has 0 aliphatic carbocycles. The van der Waals surface area contributed by atoms with E-state index in [1.165, 1.54) is 27.2 Å². The first-order chi connectivity index (χ1) is 26.2. The fourth-order valence-electron chi connectivity index (χ4n) is 5.60. The Labute approximate surface area is 314 Å². The predicted octanol–water partition coefficient (Wildman–Crippen LogP) is 12.3. The minimum atomic E-state index is -0.697. The average molecular weight is 708 g/mol. The Kier molecular flexibility index (Phi) is 13.8. The summed E-state index contributed by atoms with van der Waals surface area (Å²) in [6.07, 6.45) is 1.93. The van der Waals surface area contributed by atoms with Crippen LogP contribution in [0.15, 0.2) is 215 Å². The van der Waals surface area contributed by atoms with Crippen LogP contribution in [-0.2, 0) is 13.0 Å². The van der Waals surface area contributed by atoms with Crippen LogP contribution in [0.3, 0.4) is 0 Å². The van der Waals surface area contributed by atoms with E-state index in [0.29, 0.717) is 18.0 Å². The monoisotopic (exact) mass is 707 g/mol. The summed E-state index contributed by atoms with van der Waals surface area (Å²) in [7, 11) is -0.697. The normalized spacial score (nSPS) is 10.8. The summed E-state index contributed by atoms with van der Waals surface area (Å²) in [5, 5.41) is 2.69. The van der Waals surface area contributed by atoms with Crippen LogP contribution in [0.1, 0.15) is 23.1 Å². The molecular weight excluding hydrogens is 666 g/mol. The number of ether oxygens (including phenoxy) is 1. The highest BCUT2D eigenvalue weighted by Crippen LogP contribution is 2.39. The largest absolute Gasteiger partial charge is 0.455 e. The van der Waals surface area contributed by atoms with Crippen molar-refractivity contribution in [3.05, 3.63) is 217 Å². The van der Waals surface area contributed by atoms with Crippen molar-refractivity contribution >= 4 is 41.4 Å². The summed E-state index contributed by atoms with van der Waals surface area (Å²) >= 11 is 0. The van der Waals surface area contributed by atoms with Gasteiger partial charge in [-0.05, 0) is 77.4 Å². The van der Waals surface area contributed by atoms with Gasteiger partial charge in [0.2, 0.25) is 0 Å². The molecule has 0 fully saturated rings. The number of nitrogens with zero attached hydrogens (tertiary/aromatic N) is 3. The molecule has 0 bridgehead atoms. The topological polar surface area (TPSA) is 46.3 Å². The van der Waals surface area contributed by atoms with Crippen molar-refractivity contribution < 1.29 is 4.74 Å². The Balaban J connectivity index is 0.000000188. The maximum atomic E-state index is 5.85. The molecule has 7 aromatic carbocycles. The second kappa shape index (κ2) is 20.0. The van der Waals surface area contributed by atoms with Crippen molar-refractivity contribution in [3.8, 4) is 11.5 Å². The maximum absolute atomic E-state index is 5.85. The van der Waals surface area contributed by atoms with E-state index in [4.69, 9.17) is 9.73 Å². The van der Waals surface area contributed by atoms with Crippen molar-refractivity contribution in [2.24, 2.45) is 15.0 Å². The maximum Gasteiger partial charge on any atom is 0.153 e. The predicted molar refractivity (Wildman–Crippen MR) is 225 cm³/mol. The molecule has 0 aromatic heterocycles. The first kappa shape index (κ1) is 36.6. The van der Waals surface area contributed by atoms with Gasteiger partial charge < -0.3 is 4.74 Å². The molecule has 7 rings (SSSR count). The first-order valence-corrected chi connectivity index (χ1v) is 19.1. The van der Waals surface area contributed by atoms with E-state index in [-0.39, 0.29) is 0 Å². The lowest BCUT2D eigenvalue weighted by atomic mass is 10.1. The summed E-state index contributed by atoms with van der Waals surface area (Å²) in [5.41, 5.74) is 6.73. The van der Waals surface area contributed by atoms with Crippen LogP contribution >= 0.6 is 7.92 Å². The van der Waals surface area contributed by atoms with Gasteiger partial charge in [0, 0.05) is 7.92 Å². The zero-order valence-electron chi connectivity index (χ0n) is 29.9. The highest BCUT2D eigenvalue weighted by Gasteiger charge is 2.21. The van der Waals surface area contributed by atoms with Crippen LogP contribution in [0.4, 0.5) is 11.4 Å². The van der Waals surface area contributed by atoms with E-state index in [0.717, 1.165) is 29.8 Å². The van der Waals surface area contributed by atoms with Crippen LogP contribution < -0.4 is 15.3 Å². The smallest absolute Gasteiger partial charge is 0.153 e. The molecule has 260 valence electrons. The molecule has 4 nitrogen and oxygen atoms in total. The van der Waals surface area contributed by atoms with Gasteiger partial charge in [-0.1, -0.05) is 170 Å². The third-order valence-electron chi connectivity index (χ3n) is 8.31. The summed E-state index contributed by atoms with van der Waals surface area (Å²) in [4.78, 5) is 13.8. The first-order valence-electron chi connectivity index (χ1n) is 17.8. The molecule has 0 saturated heterocycles. The van der Waals surface area contributed by atoms with E-state index in [9.17, 15) is 0 Å². The van der Waals surface area contributed by atoms with E-state index >= 15 is 0 Å². The Morgan fingerprint density at radius 3 is 1.62 bits per heavy atom. The van der Waals surface area contributed by atoms with E-state index < -0.39 is 7.92 Å². The van der Waals surface area contributed by atoms with Gasteiger partial charge in [0.1, 0.15) is 11.4 Å². The number of para-hydroxylation sites is 4. The number of aryl methyl sites for hydroxylation is 2. The molecule has 0 aliphatic rings. The zero-order chi connectivity index (χ0) is 36.3. The van der Waals surface area contributed by atoms with Gasteiger partial charge in [-0.2, -0.15) is 4.99 Å². The third kappa shape index (κ3) is 11.4. The average Bonchev–Trinajstić information content (AvgIpc) is 3.22. The molecule has 0 unspecified atom stereocenters. The highest BCUT2D eigenvalue weighted by atomic mass is 31.1. The molecule has 0 saturated carbocycles. The van der Waals surface area contributed by atoms with Gasteiger partial charge >= 0.3 is 0 Å². The highest BCUT2D eigenvalue weighted by molar-refractivity contribution is 7.88. The number of benzene rings is 7. The lowest BCUT2D eigenvalue weighted by Gasteiger charge is -2.22. The zero-order valence-corrected chi connectivity index (χ0v) is 30.8. The van der Waals surface area contributed by atoms with Crippen LogP contribution in [-0.4, -0.2) is 11.5 Å². The summed E-state index contributed by atoms with van der Waals surface area (Å²) in [6, 6.07) is 70.8. The molecule has 53 heavy (non-hydrogen) atoms. The molecule has 0 radical (unpaired) electrons. The van der Waals surface area contributed by atoms with Crippen LogP contribution in [0.25, 0.3) is 0 Å². The molecule has 7 aromatic rings. The van der Waals surface area contributed by atoms with Gasteiger partial charge in [0.15, 0.2) is 5.75 Å². The molecule has 0 amide bonds. The van der Waals surface area contributed by atoms with Crippen LogP contribution in [0.5, 0.6) is 11.5 Å². The van der Waals surface area contributed by atoms with Crippen LogP contribution in [0.2, 0.25) is 0 Å². The van der Waals surface area contributed by atoms with Gasteiger partial charge in [-0.3, -0.25) is 4.99 Å². The van der Waals surface area contributed by atoms with Gasteiger partial charge in [0.05, 0.1) is 23.7 Å². The van der Waals surface area contributed by atoms with Crippen molar-refractivity contribution in [2.45, 2.75) is 26.3 Å². The Morgan fingerprint density at radius 2 is 1.02 bits per heavy atom. The quantitative estimate of drug-likeness (QED) is 0.0921. The number of hydrogen-bond acceptors (Lipinski definition) is 4. The Bertz CT molecular complexity index is 2180. The second-order valence-corrected chi connectivity index (χ2v) is 14.4. The van der Waals surface area contributed by atoms with Crippen molar-refractivity contribution in [3.63, 3.8) is 0 Å². The minimum Gasteiger partial charge on any atom is -0.455 e. The fraction of sp³-hybridized carbons (Fsp3) is 0.0833. The van der Waals surface area contributed by atoms with Crippen molar-refractivity contribution in [1.29, 1.82) is 0 Å². The minimum absolute atomic E-state index is 0.562. The van der Waals surface area contributed by atoms with Gasteiger partial charge in [-0.15, -0.1) is 0 Å². The summed E-state index contributed by atoms with van der Waals surface area (Å²) in [6.45, 7) is 2.70. The second-order valence-electron chi connectivity index (χ2n) is 12.2. The molecule has 0 aliphatic heterocycles. The Hall–Kier alpha value is -6.18. The summed E-state index contributed by atoms with van der Waals surface area (Å²) < 4.78 is 5.85. The molecule has 0 spiro atoms. The lowest BCUT2D eigenvalue weighted by Crippen LogP contribution is -2.18. The Morgan fingerprint density at radius 1 is 0.528 bits per heavy atom.